The van der Waals surface area contributed by atoms with Gasteiger partial charge in [0.25, 0.3) is 0 Å². The van der Waals surface area contributed by atoms with Gasteiger partial charge in [0.1, 0.15) is 0 Å². The second kappa shape index (κ2) is 9.92. The molecule has 0 aromatic carbocycles. The minimum absolute atomic E-state index is 0.0530. The van der Waals surface area contributed by atoms with Gasteiger partial charge >= 0.3 is 6.03 Å². The number of hydrogen-bond donors (Lipinski definition) is 1. The molecule has 1 saturated heterocycles. The lowest BCUT2D eigenvalue weighted by molar-refractivity contribution is -0.126. The first kappa shape index (κ1) is 20.7. The number of nitrogens with zero attached hydrogens (tertiary/aromatic N) is 3. The van der Waals surface area contributed by atoms with Gasteiger partial charge in [-0.15, -0.1) is 11.3 Å². The lowest BCUT2D eigenvalue weighted by Gasteiger charge is -2.35. The SMILES string of the molecule is CCN(CC)C(=O)N1CCC[C@@H](C(=O)NC[C@H](c2cccs2)N(C)C)C1. The minimum atomic E-state index is -0.116. The summed E-state index contributed by atoms with van der Waals surface area (Å²) < 4.78 is 0. The number of nitrogens with one attached hydrogen (secondary N) is 1. The van der Waals surface area contributed by atoms with Crippen molar-refractivity contribution in [1.82, 2.24) is 20.0 Å². The molecule has 3 amide bonds. The van der Waals surface area contributed by atoms with Crippen LogP contribution in [0, 0.1) is 5.92 Å². The van der Waals surface area contributed by atoms with Gasteiger partial charge in [-0.2, -0.15) is 0 Å². The zero-order valence-corrected chi connectivity index (χ0v) is 17.2. The molecule has 146 valence electrons. The Balaban J connectivity index is 1.91. The van der Waals surface area contributed by atoms with Crippen LogP contribution in [0.15, 0.2) is 17.5 Å². The van der Waals surface area contributed by atoms with E-state index in [1.807, 2.05) is 43.8 Å². The third kappa shape index (κ3) is 5.20. The van der Waals surface area contributed by atoms with Gasteiger partial charge in [0, 0.05) is 37.6 Å². The smallest absolute Gasteiger partial charge is 0.320 e. The Kier molecular flexibility index (Phi) is 7.90. The van der Waals surface area contributed by atoms with Crippen LogP contribution in [-0.4, -0.2) is 73.5 Å². The number of carbonyl (C=O) groups is 2. The van der Waals surface area contributed by atoms with E-state index in [1.54, 1.807) is 11.3 Å². The number of rotatable bonds is 7. The summed E-state index contributed by atoms with van der Waals surface area (Å²) in [5, 5.41) is 5.17. The molecule has 0 spiro atoms. The maximum Gasteiger partial charge on any atom is 0.320 e. The van der Waals surface area contributed by atoms with Crippen molar-refractivity contribution in [3.63, 3.8) is 0 Å². The van der Waals surface area contributed by atoms with Crippen LogP contribution >= 0.6 is 11.3 Å². The van der Waals surface area contributed by atoms with E-state index in [-0.39, 0.29) is 23.9 Å². The number of thiophene rings is 1. The van der Waals surface area contributed by atoms with E-state index in [0.717, 1.165) is 19.4 Å². The van der Waals surface area contributed by atoms with Gasteiger partial charge < -0.3 is 20.0 Å². The third-order valence-corrected chi connectivity index (χ3v) is 6.03. The van der Waals surface area contributed by atoms with Crippen LogP contribution < -0.4 is 5.32 Å². The van der Waals surface area contributed by atoms with Crippen LogP contribution in [0.3, 0.4) is 0 Å². The fourth-order valence-corrected chi connectivity index (χ4v) is 4.34. The van der Waals surface area contributed by atoms with Gasteiger partial charge in [0.15, 0.2) is 0 Å². The second-order valence-corrected chi connectivity index (χ2v) is 7.96. The quantitative estimate of drug-likeness (QED) is 0.791. The zero-order chi connectivity index (χ0) is 19.1. The fraction of sp³-hybridized carbons (Fsp3) is 0.684. The molecule has 2 rings (SSSR count). The maximum absolute atomic E-state index is 12.7. The normalized spacial score (nSPS) is 18.7. The Morgan fingerprint density at radius 1 is 1.35 bits per heavy atom. The fourth-order valence-electron chi connectivity index (χ4n) is 3.42. The Morgan fingerprint density at radius 3 is 2.65 bits per heavy atom. The molecular weight excluding hydrogens is 348 g/mol. The van der Waals surface area contributed by atoms with Crippen LogP contribution in [0.4, 0.5) is 4.79 Å². The van der Waals surface area contributed by atoms with Crippen molar-refractivity contribution in [3.05, 3.63) is 22.4 Å². The van der Waals surface area contributed by atoms with Crippen LogP contribution in [0.1, 0.15) is 37.6 Å². The molecule has 1 aromatic rings. The maximum atomic E-state index is 12.7. The summed E-state index contributed by atoms with van der Waals surface area (Å²) in [5.41, 5.74) is 0. The van der Waals surface area contributed by atoms with Gasteiger partial charge in [-0.3, -0.25) is 4.79 Å². The van der Waals surface area contributed by atoms with E-state index >= 15 is 0 Å². The summed E-state index contributed by atoms with van der Waals surface area (Å²) in [5.74, 6) is -0.0557. The van der Waals surface area contributed by atoms with Crippen molar-refractivity contribution in [1.29, 1.82) is 0 Å². The molecule has 1 fully saturated rings. The van der Waals surface area contributed by atoms with Crippen molar-refractivity contribution >= 4 is 23.3 Å². The number of hydrogen-bond acceptors (Lipinski definition) is 4. The monoisotopic (exact) mass is 380 g/mol. The van der Waals surface area contributed by atoms with E-state index in [9.17, 15) is 9.59 Å². The molecule has 1 aromatic heterocycles. The highest BCUT2D eigenvalue weighted by Gasteiger charge is 2.30. The van der Waals surface area contributed by atoms with Gasteiger partial charge in [-0.05, 0) is 52.2 Å². The van der Waals surface area contributed by atoms with Crippen LogP contribution in [0.5, 0.6) is 0 Å². The number of likely N-dealkylation sites (N-methyl/N-ethyl adjacent to an activating group) is 1. The molecule has 2 heterocycles. The standard InChI is InChI=1S/C19H32N4O2S/c1-5-22(6-2)19(25)23-11-7-9-15(14-23)18(24)20-13-16(21(3)4)17-10-8-12-26-17/h8,10,12,15-16H,5-7,9,11,13-14H2,1-4H3,(H,20,24)/t15-,16-/m1/s1. The van der Waals surface area contributed by atoms with Crippen molar-refractivity contribution in [2.45, 2.75) is 32.7 Å². The van der Waals surface area contributed by atoms with Crippen molar-refractivity contribution in [2.24, 2.45) is 5.92 Å². The number of urea groups is 1. The van der Waals surface area contributed by atoms with E-state index < -0.39 is 0 Å². The molecule has 0 radical (unpaired) electrons. The average Bonchev–Trinajstić information content (AvgIpc) is 3.16. The minimum Gasteiger partial charge on any atom is -0.354 e. The van der Waals surface area contributed by atoms with Gasteiger partial charge in [0.05, 0.1) is 12.0 Å². The molecule has 0 bridgehead atoms. The topological polar surface area (TPSA) is 55.9 Å². The Morgan fingerprint density at radius 2 is 2.08 bits per heavy atom. The van der Waals surface area contributed by atoms with Gasteiger partial charge in [-0.1, -0.05) is 6.07 Å². The molecule has 6 nitrogen and oxygen atoms in total. The van der Waals surface area contributed by atoms with E-state index in [2.05, 4.69) is 21.7 Å². The van der Waals surface area contributed by atoms with E-state index in [4.69, 9.17) is 0 Å². The molecule has 1 aliphatic rings. The Hall–Kier alpha value is -1.60. The van der Waals surface area contributed by atoms with E-state index in [1.165, 1.54) is 4.88 Å². The Bertz CT molecular complexity index is 572. The average molecular weight is 381 g/mol. The molecular formula is C19H32N4O2S. The van der Waals surface area contributed by atoms with Gasteiger partial charge in [-0.25, -0.2) is 4.79 Å². The largest absolute Gasteiger partial charge is 0.354 e. The van der Waals surface area contributed by atoms with Crippen LogP contribution in [-0.2, 0) is 4.79 Å². The number of amides is 3. The summed E-state index contributed by atoms with van der Waals surface area (Å²) in [6.45, 7) is 7.24. The molecule has 1 aliphatic heterocycles. The lowest BCUT2D eigenvalue weighted by Crippen LogP contribution is -2.50. The summed E-state index contributed by atoms with van der Waals surface area (Å²) in [6.07, 6.45) is 1.73. The molecule has 0 unspecified atom stereocenters. The number of piperidine rings is 1. The zero-order valence-electron chi connectivity index (χ0n) is 16.4. The second-order valence-electron chi connectivity index (χ2n) is 6.98. The number of carbonyl (C=O) groups excluding carboxylic acids is 2. The first-order valence-electron chi connectivity index (χ1n) is 9.49. The summed E-state index contributed by atoms with van der Waals surface area (Å²) in [7, 11) is 4.06. The highest BCUT2D eigenvalue weighted by Crippen LogP contribution is 2.23. The molecule has 0 aliphatic carbocycles. The highest BCUT2D eigenvalue weighted by atomic mass is 32.1. The van der Waals surface area contributed by atoms with Crippen LogP contribution in [0.25, 0.3) is 0 Å². The number of likely N-dealkylation sites (tertiary alicyclic amines) is 1. The predicted molar refractivity (Wildman–Crippen MR) is 106 cm³/mol. The van der Waals surface area contributed by atoms with Crippen molar-refractivity contribution < 1.29 is 9.59 Å². The lowest BCUT2D eigenvalue weighted by atomic mass is 9.97. The molecule has 1 N–H and O–H groups in total. The third-order valence-electron chi connectivity index (χ3n) is 5.06. The Labute approximate surface area is 161 Å². The summed E-state index contributed by atoms with van der Waals surface area (Å²) >= 11 is 1.71. The summed E-state index contributed by atoms with van der Waals surface area (Å²) in [6, 6.07) is 4.37. The molecule has 26 heavy (non-hydrogen) atoms. The molecule has 7 heteroatoms. The van der Waals surface area contributed by atoms with Crippen molar-refractivity contribution in [2.75, 3.05) is 46.8 Å². The predicted octanol–water partition coefficient (Wildman–Crippen LogP) is 2.64. The van der Waals surface area contributed by atoms with E-state index in [0.29, 0.717) is 26.2 Å². The summed E-state index contributed by atoms with van der Waals surface area (Å²) in [4.78, 5) is 32.3. The molecule has 0 saturated carbocycles. The van der Waals surface area contributed by atoms with Crippen molar-refractivity contribution in [3.8, 4) is 0 Å². The highest BCUT2D eigenvalue weighted by molar-refractivity contribution is 7.10. The molecule has 2 atom stereocenters. The first-order valence-corrected chi connectivity index (χ1v) is 10.4. The first-order chi connectivity index (χ1) is 12.5. The van der Waals surface area contributed by atoms with Gasteiger partial charge in [0.2, 0.25) is 5.91 Å². The van der Waals surface area contributed by atoms with Crippen LogP contribution in [0.2, 0.25) is 0 Å².